The maximum Gasteiger partial charge on any atom is 0.326 e. The van der Waals surface area contributed by atoms with E-state index in [1.807, 2.05) is 6.92 Å². The molecule has 3 amide bonds. The van der Waals surface area contributed by atoms with E-state index in [-0.39, 0.29) is 29.7 Å². The van der Waals surface area contributed by atoms with Crippen LogP contribution in [-0.2, 0) is 25.6 Å². The Hall–Kier alpha value is -2.79. The van der Waals surface area contributed by atoms with Crippen LogP contribution in [0.3, 0.4) is 0 Å². The summed E-state index contributed by atoms with van der Waals surface area (Å²) in [5, 5.41) is 24.3. The van der Waals surface area contributed by atoms with Crippen LogP contribution in [0.1, 0.15) is 38.7 Å². The standard InChI is InChI=1S/C23H34N4O6S/c1-3-13(2)19(23(32)33)26-20(29)17(11-14-6-8-15(28)9-7-14)25-21(30)18-5-4-10-27(18)22(31)16(24)12-34/h6-9,13,16-19,28,34H,3-5,10-12,24H2,1-2H3,(H,25,30)(H,26,29)(H,32,33). The van der Waals surface area contributed by atoms with Gasteiger partial charge in [0, 0.05) is 18.7 Å². The van der Waals surface area contributed by atoms with Crippen molar-refractivity contribution in [1.29, 1.82) is 0 Å². The number of aromatic hydroxyl groups is 1. The summed E-state index contributed by atoms with van der Waals surface area (Å²) >= 11 is 4.05. The second-order valence-electron chi connectivity index (χ2n) is 8.62. The predicted molar refractivity (Wildman–Crippen MR) is 129 cm³/mol. The number of phenols is 1. The fraction of sp³-hybridized carbons (Fsp3) is 0.565. The van der Waals surface area contributed by atoms with Gasteiger partial charge in [0.05, 0.1) is 6.04 Å². The molecule has 5 unspecified atom stereocenters. The van der Waals surface area contributed by atoms with Gasteiger partial charge in [-0.05, 0) is 36.5 Å². The molecule has 1 aliphatic rings. The predicted octanol–water partition coefficient (Wildman–Crippen LogP) is 0.283. The number of hydrogen-bond donors (Lipinski definition) is 6. The number of benzene rings is 1. The normalized spacial score (nSPS) is 19.1. The van der Waals surface area contributed by atoms with Crippen LogP contribution in [0.5, 0.6) is 5.75 Å². The third kappa shape index (κ3) is 7.10. The molecule has 0 bridgehead atoms. The topological polar surface area (TPSA) is 162 Å². The van der Waals surface area contributed by atoms with Crippen LogP contribution >= 0.6 is 12.6 Å². The molecule has 0 aromatic heterocycles. The van der Waals surface area contributed by atoms with Crippen molar-refractivity contribution in [3.05, 3.63) is 29.8 Å². The molecule has 2 rings (SSSR count). The molecule has 0 aliphatic carbocycles. The summed E-state index contributed by atoms with van der Waals surface area (Å²) in [4.78, 5) is 51.9. The number of thiol groups is 1. The van der Waals surface area contributed by atoms with E-state index in [0.29, 0.717) is 31.4 Å². The molecule has 1 saturated heterocycles. The Morgan fingerprint density at radius 3 is 2.41 bits per heavy atom. The SMILES string of the molecule is CCC(C)C(NC(=O)C(Cc1ccc(O)cc1)NC(=O)C1CCCN1C(=O)C(N)CS)C(=O)O. The maximum absolute atomic E-state index is 13.1. The zero-order valence-corrected chi connectivity index (χ0v) is 20.3. The number of rotatable bonds is 11. The molecule has 1 heterocycles. The maximum atomic E-state index is 13.1. The molecule has 0 saturated carbocycles. The number of nitrogens with zero attached hydrogens (tertiary/aromatic N) is 1. The van der Waals surface area contributed by atoms with Gasteiger partial charge < -0.3 is 31.5 Å². The summed E-state index contributed by atoms with van der Waals surface area (Å²) in [6, 6.07) is 2.33. The second kappa shape index (κ2) is 12.6. The highest BCUT2D eigenvalue weighted by molar-refractivity contribution is 7.80. The second-order valence-corrected chi connectivity index (χ2v) is 8.99. The Morgan fingerprint density at radius 1 is 1.21 bits per heavy atom. The number of carbonyl (C=O) groups is 4. The first kappa shape index (κ1) is 27.5. The van der Waals surface area contributed by atoms with Crippen LogP contribution in [-0.4, -0.2) is 75.3 Å². The third-order valence-electron chi connectivity index (χ3n) is 6.14. The number of hydrogen-bond acceptors (Lipinski definition) is 7. The van der Waals surface area contributed by atoms with Gasteiger partial charge in [-0.1, -0.05) is 32.4 Å². The number of carbonyl (C=O) groups excluding carboxylic acids is 3. The minimum absolute atomic E-state index is 0.0529. The molecule has 188 valence electrons. The van der Waals surface area contributed by atoms with E-state index < -0.39 is 42.0 Å². The Kier molecular flexibility index (Phi) is 10.2. The van der Waals surface area contributed by atoms with Crippen LogP contribution in [0.25, 0.3) is 0 Å². The third-order valence-corrected chi connectivity index (χ3v) is 6.53. The largest absolute Gasteiger partial charge is 0.508 e. The van der Waals surface area contributed by atoms with Gasteiger partial charge in [0.1, 0.15) is 23.9 Å². The van der Waals surface area contributed by atoms with Gasteiger partial charge in [0.25, 0.3) is 0 Å². The van der Waals surface area contributed by atoms with Crippen LogP contribution in [0.2, 0.25) is 0 Å². The van der Waals surface area contributed by atoms with Crippen LogP contribution in [0.15, 0.2) is 24.3 Å². The highest BCUT2D eigenvalue weighted by atomic mass is 32.1. The van der Waals surface area contributed by atoms with E-state index in [0.717, 1.165) is 0 Å². The first-order valence-corrected chi connectivity index (χ1v) is 12.0. The summed E-state index contributed by atoms with van der Waals surface area (Å²) < 4.78 is 0. The molecule has 6 N–H and O–H groups in total. The minimum atomic E-state index is -1.16. The number of aliphatic carboxylic acids is 1. The number of carboxylic acids is 1. The molecule has 10 nitrogen and oxygen atoms in total. The van der Waals surface area contributed by atoms with Crippen molar-refractivity contribution in [2.24, 2.45) is 11.7 Å². The lowest BCUT2D eigenvalue weighted by atomic mass is 9.98. The van der Waals surface area contributed by atoms with E-state index in [1.54, 1.807) is 19.1 Å². The van der Waals surface area contributed by atoms with Gasteiger partial charge in [-0.3, -0.25) is 14.4 Å². The Balaban J connectivity index is 2.23. The Morgan fingerprint density at radius 2 is 1.85 bits per heavy atom. The van der Waals surface area contributed by atoms with Crippen LogP contribution < -0.4 is 16.4 Å². The number of phenolic OH excluding ortho intramolecular Hbond substituents is 1. The van der Waals surface area contributed by atoms with E-state index in [2.05, 4.69) is 23.3 Å². The van der Waals surface area contributed by atoms with Gasteiger partial charge >= 0.3 is 5.97 Å². The minimum Gasteiger partial charge on any atom is -0.508 e. The Labute approximate surface area is 204 Å². The molecule has 11 heteroatoms. The number of nitrogens with two attached hydrogens (primary N) is 1. The summed E-state index contributed by atoms with van der Waals surface area (Å²) in [7, 11) is 0. The van der Waals surface area contributed by atoms with Crippen molar-refractivity contribution in [1.82, 2.24) is 15.5 Å². The van der Waals surface area contributed by atoms with Crippen molar-refractivity contribution < 1.29 is 29.4 Å². The summed E-state index contributed by atoms with van der Waals surface area (Å²) in [5.74, 6) is -2.82. The van der Waals surface area contributed by atoms with Crippen molar-refractivity contribution in [3.8, 4) is 5.75 Å². The highest BCUT2D eigenvalue weighted by Gasteiger charge is 2.38. The first-order valence-electron chi connectivity index (χ1n) is 11.4. The molecule has 1 aromatic carbocycles. The van der Waals surface area contributed by atoms with Crippen molar-refractivity contribution in [2.45, 2.75) is 63.7 Å². The Bertz CT molecular complexity index is 881. The fourth-order valence-corrected chi connectivity index (χ4v) is 4.03. The number of nitrogens with one attached hydrogen (secondary N) is 2. The van der Waals surface area contributed by atoms with Gasteiger partial charge in [0.2, 0.25) is 17.7 Å². The van der Waals surface area contributed by atoms with E-state index >= 15 is 0 Å². The quantitative estimate of drug-likeness (QED) is 0.241. The molecule has 1 fully saturated rings. The number of amides is 3. The summed E-state index contributed by atoms with van der Waals surface area (Å²) in [6.45, 7) is 3.92. The average Bonchev–Trinajstić information content (AvgIpc) is 3.31. The molecule has 5 atom stereocenters. The van der Waals surface area contributed by atoms with E-state index in [4.69, 9.17) is 5.73 Å². The lowest BCUT2D eigenvalue weighted by Crippen LogP contribution is -2.58. The van der Waals surface area contributed by atoms with Crippen molar-refractivity contribution in [2.75, 3.05) is 12.3 Å². The lowest BCUT2D eigenvalue weighted by Gasteiger charge is -2.29. The van der Waals surface area contributed by atoms with Crippen molar-refractivity contribution >= 4 is 36.3 Å². The molecule has 1 aromatic rings. The molecule has 0 spiro atoms. The highest BCUT2D eigenvalue weighted by Crippen LogP contribution is 2.19. The van der Waals surface area contributed by atoms with Crippen LogP contribution in [0, 0.1) is 5.92 Å². The monoisotopic (exact) mass is 494 g/mol. The van der Waals surface area contributed by atoms with Gasteiger partial charge in [0.15, 0.2) is 0 Å². The zero-order valence-electron chi connectivity index (χ0n) is 19.4. The molecule has 0 radical (unpaired) electrons. The fourth-order valence-electron chi connectivity index (χ4n) is 3.88. The van der Waals surface area contributed by atoms with Crippen molar-refractivity contribution in [3.63, 3.8) is 0 Å². The average molecular weight is 495 g/mol. The van der Waals surface area contributed by atoms with Gasteiger partial charge in [-0.15, -0.1) is 0 Å². The van der Waals surface area contributed by atoms with Gasteiger partial charge in [-0.2, -0.15) is 12.6 Å². The van der Waals surface area contributed by atoms with Crippen LogP contribution in [0.4, 0.5) is 0 Å². The number of likely N-dealkylation sites (tertiary alicyclic amines) is 1. The summed E-state index contributed by atoms with van der Waals surface area (Å²) in [6.07, 6.45) is 1.65. The first-order chi connectivity index (χ1) is 16.1. The molecular formula is C23H34N4O6S. The zero-order chi connectivity index (χ0) is 25.4. The number of carboxylic acid groups (broad SMARTS) is 1. The van der Waals surface area contributed by atoms with E-state index in [1.165, 1.54) is 17.0 Å². The summed E-state index contributed by atoms with van der Waals surface area (Å²) in [5.41, 5.74) is 6.47. The van der Waals surface area contributed by atoms with E-state index in [9.17, 15) is 29.4 Å². The molecule has 1 aliphatic heterocycles. The smallest absolute Gasteiger partial charge is 0.326 e. The lowest BCUT2D eigenvalue weighted by molar-refractivity contribution is -0.144. The molecular weight excluding hydrogens is 460 g/mol. The molecule has 34 heavy (non-hydrogen) atoms. The van der Waals surface area contributed by atoms with Gasteiger partial charge in [-0.25, -0.2) is 4.79 Å².